The van der Waals surface area contributed by atoms with Gasteiger partial charge in [0, 0.05) is 12.0 Å². The number of aliphatic hydroxyl groups excluding tert-OH is 1. The molecule has 0 radical (unpaired) electrons. The van der Waals surface area contributed by atoms with Gasteiger partial charge in [-0.2, -0.15) is 0 Å². The van der Waals surface area contributed by atoms with E-state index in [0.717, 1.165) is 5.56 Å². The van der Waals surface area contributed by atoms with E-state index in [-0.39, 0.29) is 5.82 Å². The monoisotopic (exact) mass is 198 g/mol. The molecule has 0 fully saturated rings. The Kier molecular flexibility index (Phi) is 3.47. The minimum absolute atomic E-state index is 0.281. The average Bonchev–Trinajstić information content (AvgIpc) is 2.11. The first-order valence-corrected chi connectivity index (χ1v) is 4.56. The van der Waals surface area contributed by atoms with Crippen LogP contribution >= 0.6 is 0 Å². The predicted octanol–water partition coefficient (Wildman–Crippen LogP) is 2.07. The third-order valence-corrected chi connectivity index (χ3v) is 2.14. The van der Waals surface area contributed by atoms with E-state index in [0.29, 0.717) is 17.7 Å². The fourth-order valence-electron chi connectivity index (χ4n) is 1.49. The highest BCUT2D eigenvalue weighted by molar-refractivity contribution is 5.41. The van der Waals surface area contributed by atoms with Crippen molar-refractivity contribution in [3.63, 3.8) is 0 Å². The van der Waals surface area contributed by atoms with Gasteiger partial charge in [0.15, 0.2) is 0 Å². The predicted molar refractivity (Wildman–Crippen MR) is 53.1 cm³/mol. The Morgan fingerprint density at radius 2 is 2.14 bits per heavy atom. The molecule has 1 atom stereocenters. The number of rotatable bonds is 3. The Balaban J connectivity index is 3.10. The topological polar surface area (TPSA) is 29.5 Å². The summed E-state index contributed by atoms with van der Waals surface area (Å²) in [5.74, 6) is 0.252. The van der Waals surface area contributed by atoms with Gasteiger partial charge < -0.3 is 9.84 Å². The van der Waals surface area contributed by atoms with Gasteiger partial charge in [-0.25, -0.2) is 4.39 Å². The first-order valence-electron chi connectivity index (χ1n) is 4.56. The quantitative estimate of drug-likeness (QED) is 0.805. The Labute approximate surface area is 83.3 Å². The maximum absolute atomic E-state index is 13.1. The van der Waals surface area contributed by atoms with E-state index in [9.17, 15) is 9.50 Å². The van der Waals surface area contributed by atoms with E-state index in [1.807, 2.05) is 0 Å². The number of ether oxygens (including phenoxy) is 1. The highest BCUT2D eigenvalue weighted by Gasteiger charge is 2.11. The molecule has 14 heavy (non-hydrogen) atoms. The summed E-state index contributed by atoms with van der Waals surface area (Å²) >= 11 is 0. The molecule has 3 heteroatoms. The molecular formula is C11H15FO2. The lowest BCUT2D eigenvalue weighted by atomic mass is 10.0. The van der Waals surface area contributed by atoms with Crippen LogP contribution in [0.5, 0.6) is 5.75 Å². The number of benzene rings is 1. The first-order chi connectivity index (χ1) is 6.56. The van der Waals surface area contributed by atoms with Crippen LogP contribution in [0.15, 0.2) is 12.1 Å². The summed E-state index contributed by atoms with van der Waals surface area (Å²) in [5, 5.41) is 9.24. The van der Waals surface area contributed by atoms with Gasteiger partial charge in [-0.1, -0.05) is 6.07 Å². The molecule has 0 saturated heterocycles. The summed E-state index contributed by atoms with van der Waals surface area (Å²) in [4.78, 5) is 0. The van der Waals surface area contributed by atoms with Crippen LogP contribution in [0.25, 0.3) is 0 Å². The highest BCUT2D eigenvalue weighted by Crippen LogP contribution is 2.26. The second kappa shape index (κ2) is 4.42. The molecule has 0 aromatic heterocycles. The first kappa shape index (κ1) is 11.0. The fraction of sp³-hybridized carbons (Fsp3) is 0.455. The summed E-state index contributed by atoms with van der Waals surface area (Å²) in [6.07, 6.45) is 0.0263. The number of hydrogen-bond donors (Lipinski definition) is 1. The molecule has 1 rings (SSSR count). The van der Waals surface area contributed by atoms with Crippen LogP contribution < -0.4 is 4.74 Å². The number of hydrogen-bond acceptors (Lipinski definition) is 2. The molecule has 0 spiro atoms. The van der Waals surface area contributed by atoms with Crippen LogP contribution in [0, 0.1) is 12.7 Å². The molecule has 1 unspecified atom stereocenters. The maximum atomic E-state index is 13.1. The van der Waals surface area contributed by atoms with Crippen molar-refractivity contribution in [1.82, 2.24) is 0 Å². The number of halogens is 1. The zero-order chi connectivity index (χ0) is 10.7. The third kappa shape index (κ3) is 2.23. The summed E-state index contributed by atoms with van der Waals surface area (Å²) in [6, 6.07) is 3.05. The fourth-order valence-corrected chi connectivity index (χ4v) is 1.49. The van der Waals surface area contributed by atoms with Crippen LogP contribution in [0.3, 0.4) is 0 Å². The maximum Gasteiger partial charge on any atom is 0.129 e. The number of methoxy groups -OCH3 is 1. The van der Waals surface area contributed by atoms with Gasteiger partial charge in [-0.3, -0.25) is 0 Å². The van der Waals surface area contributed by atoms with E-state index in [1.165, 1.54) is 13.2 Å². The van der Waals surface area contributed by atoms with Crippen molar-refractivity contribution < 1.29 is 14.2 Å². The van der Waals surface area contributed by atoms with Crippen LogP contribution in [-0.4, -0.2) is 18.3 Å². The van der Waals surface area contributed by atoms with E-state index in [2.05, 4.69) is 0 Å². The standard InChI is InChI=1S/C11H15FO2/c1-7(13)6-9-4-5-10(12)8(2)11(9)14-3/h4-5,7,13H,6H2,1-3H3. The normalized spacial score (nSPS) is 12.6. The van der Waals surface area contributed by atoms with E-state index >= 15 is 0 Å². The number of aliphatic hydroxyl groups is 1. The summed E-state index contributed by atoms with van der Waals surface area (Å²) in [6.45, 7) is 3.36. The molecule has 78 valence electrons. The van der Waals surface area contributed by atoms with Gasteiger partial charge in [0.1, 0.15) is 11.6 Å². The van der Waals surface area contributed by atoms with Gasteiger partial charge in [0.25, 0.3) is 0 Å². The minimum atomic E-state index is -0.450. The second-order valence-corrected chi connectivity index (χ2v) is 3.42. The highest BCUT2D eigenvalue weighted by atomic mass is 19.1. The molecule has 0 heterocycles. The lowest BCUT2D eigenvalue weighted by Crippen LogP contribution is -2.07. The lowest BCUT2D eigenvalue weighted by molar-refractivity contribution is 0.194. The zero-order valence-corrected chi connectivity index (χ0v) is 8.67. The Morgan fingerprint density at radius 1 is 1.50 bits per heavy atom. The van der Waals surface area contributed by atoms with Crippen molar-refractivity contribution in [1.29, 1.82) is 0 Å². The van der Waals surface area contributed by atoms with Crippen molar-refractivity contribution in [2.75, 3.05) is 7.11 Å². The SMILES string of the molecule is COc1c(CC(C)O)ccc(F)c1C. The average molecular weight is 198 g/mol. The van der Waals surface area contributed by atoms with Crippen molar-refractivity contribution >= 4 is 0 Å². The van der Waals surface area contributed by atoms with Crippen molar-refractivity contribution in [2.24, 2.45) is 0 Å². The Morgan fingerprint density at radius 3 is 2.64 bits per heavy atom. The van der Waals surface area contributed by atoms with E-state index < -0.39 is 6.10 Å². The Bertz CT molecular complexity index is 321. The molecule has 0 saturated carbocycles. The van der Waals surface area contributed by atoms with E-state index in [1.54, 1.807) is 19.9 Å². The zero-order valence-electron chi connectivity index (χ0n) is 8.67. The third-order valence-electron chi connectivity index (χ3n) is 2.14. The molecule has 0 bridgehead atoms. The van der Waals surface area contributed by atoms with Gasteiger partial charge in [0.05, 0.1) is 13.2 Å². The smallest absolute Gasteiger partial charge is 0.129 e. The van der Waals surface area contributed by atoms with Gasteiger partial charge in [0.2, 0.25) is 0 Å². The molecule has 0 aliphatic rings. The molecular weight excluding hydrogens is 183 g/mol. The molecule has 0 aliphatic heterocycles. The van der Waals surface area contributed by atoms with Gasteiger partial charge in [-0.15, -0.1) is 0 Å². The Hall–Kier alpha value is -1.09. The molecule has 0 aliphatic carbocycles. The summed E-state index contributed by atoms with van der Waals surface area (Å²) < 4.78 is 18.2. The molecule has 2 nitrogen and oxygen atoms in total. The van der Waals surface area contributed by atoms with Crippen molar-refractivity contribution in [3.05, 3.63) is 29.1 Å². The molecule has 1 aromatic carbocycles. The second-order valence-electron chi connectivity index (χ2n) is 3.42. The largest absolute Gasteiger partial charge is 0.496 e. The van der Waals surface area contributed by atoms with E-state index in [4.69, 9.17) is 4.74 Å². The van der Waals surface area contributed by atoms with Crippen LogP contribution in [-0.2, 0) is 6.42 Å². The van der Waals surface area contributed by atoms with Crippen LogP contribution in [0.4, 0.5) is 4.39 Å². The summed E-state index contributed by atoms with van der Waals surface area (Å²) in [5.41, 5.74) is 1.33. The lowest BCUT2D eigenvalue weighted by Gasteiger charge is -2.13. The van der Waals surface area contributed by atoms with Crippen molar-refractivity contribution in [3.8, 4) is 5.75 Å². The summed E-state index contributed by atoms with van der Waals surface area (Å²) in [7, 11) is 1.51. The van der Waals surface area contributed by atoms with Gasteiger partial charge in [-0.05, 0) is 25.5 Å². The minimum Gasteiger partial charge on any atom is -0.496 e. The molecule has 0 amide bonds. The van der Waals surface area contributed by atoms with Gasteiger partial charge >= 0.3 is 0 Å². The van der Waals surface area contributed by atoms with Crippen LogP contribution in [0.1, 0.15) is 18.1 Å². The van der Waals surface area contributed by atoms with Crippen LogP contribution in [0.2, 0.25) is 0 Å². The molecule has 1 N–H and O–H groups in total. The van der Waals surface area contributed by atoms with Crippen molar-refractivity contribution in [2.45, 2.75) is 26.4 Å². The molecule has 1 aromatic rings.